The molecule has 0 unspecified atom stereocenters. The van der Waals surface area contributed by atoms with Crippen LogP contribution >= 0.6 is 0 Å². The highest BCUT2D eigenvalue weighted by Crippen LogP contribution is 2.29. The van der Waals surface area contributed by atoms with Gasteiger partial charge >= 0.3 is 0 Å². The van der Waals surface area contributed by atoms with Crippen molar-refractivity contribution in [1.82, 2.24) is 9.88 Å². The Hall–Kier alpha value is -0.890. The molecule has 0 N–H and O–H groups in total. The Morgan fingerprint density at radius 1 is 2.00 bits per heavy atom. The average molecular weight is 174 g/mol. The van der Waals surface area contributed by atoms with Crippen LogP contribution in [-0.2, 0) is 0 Å². The molecule has 0 aliphatic carbocycles. The van der Waals surface area contributed by atoms with Gasteiger partial charge in [-0.25, -0.2) is 0 Å². The second kappa shape index (κ2) is 3.23. The molecule has 12 heavy (non-hydrogen) atoms. The maximum absolute atomic E-state index is 8.47. The number of rotatable bonds is 1. The summed E-state index contributed by atoms with van der Waals surface area (Å²) in [5, 5.41) is 0. The van der Waals surface area contributed by atoms with Gasteiger partial charge in [0.25, 0.3) is 0 Å². The van der Waals surface area contributed by atoms with Crippen LogP contribution in [0.4, 0.5) is 0 Å². The van der Waals surface area contributed by atoms with Crippen LogP contribution in [-0.4, -0.2) is 23.4 Å². The molecule has 1 atom stereocenters. The molecule has 0 amide bonds. The van der Waals surface area contributed by atoms with E-state index in [2.05, 4.69) is 4.98 Å². The summed E-state index contributed by atoms with van der Waals surface area (Å²) in [4.78, 5) is 3.36. The van der Waals surface area contributed by atoms with Gasteiger partial charge in [0.15, 0.2) is 0 Å². The highest BCUT2D eigenvalue weighted by atomic mass is 15.1. The van der Waals surface area contributed by atoms with E-state index in [0.717, 1.165) is 0 Å². The summed E-state index contributed by atoms with van der Waals surface area (Å²) in [6, 6.07) is -4.65. The molecule has 1 aromatic heterocycles. The van der Waals surface area contributed by atoms with Crippen LogP contribution < -0.4 is 0 Å². The third kappa shape index (κ3) is 1.34. The van der Waals surface area contributed by atoms with Gasteiger partial charge in [0.1, 0.15) is 0 Å². The van der Waals surface area contributed by atoms with E-state index in [1.807, 2.05) is 0 Å². The largest absolute Gasteiger partial charge is 0.299 e. The molecule has 0 spiro atoms. The lowest BCUT2D eigenvalue weighted by Crippen LogP contribution is -2.17. The minimum Gasteiger partial charge on any atom is -0.299 e. The van der Waals surface area contributed by atoms with Crippen LogP contribution in [0, 0.1) is 0 Å². The minimum atomic E-state index is -3.24. The first kappa shape index (κ1) is 1.95. The molecule has 2 heterocycles. The Balaban J connectivity index is 2.90. The van der Waals surface area contributed by atoms with Gasteiger partial charge in [0.2, 0.25) is 0 Å². The molecular formula is C10H14N2. The van der Waals surface area contributed by atoms with Crippen molar-refractivity contribution in [2.24, 2.45) is 0 Å². The van der Waals surface area contributed by atoms with Gasteiger partial charge in [0.05, 0.1) is 6.85 Å². The van der Waals surface area contributed by atoms with Gasteiger partial charge < -0.3 is 0 Å². The van der Waals surface area contributed by atoms with Crippen LogP contribution in [0.5, 0.6) is 0 Å². The maximum atomic E-state index is 8.47. The normalized spacial score (nSPS) is 54.7. The van der Waals surface area contributed by atoms with E-state index < -0.39 is 62.3 Å². The van der Waals surface area contributed by atoms with Crippen molar-refractivity contribution in [1.29, 1.82) is 0 Å². The molecule has 2 rings (SSSR count). The van der Waals surface area contributed by atoms with E-state index in [0.29, 0.717) is 0 Å². The molecular weight excluding hydrogens is 148 g/mol. The van der Waals surface area contributed by atoms with Gasteiger partial charge in [-0.2, -0.15) is 0 Å². The van der Waals surface area contributed by atoms with Crippen molar-refractivity contribution in [3.63, 3.8) is 0 Å². The van der Waals surface area contributed by atoms with Crippen LogP contribution in [0.3, 0.4) is 0 Å². The van der Waals surface area contributed by atoms with Crippen molar-refractivity contribution < 1.29 is 16.4 Å². The van der Waals surface area contributed by atoms with Crippen molar-refractivity contribution in [2.45, 2.75) is 18.8 Å². The summed E-state index contributed by atoms with van der Waals surface area (Å²) in [7, 11) is 0. The smallest absolute Gasteiger partial charge is 0.0843 e. The zero-order valence-corrected chi connectivity index (χ0v) is 6.10. The first-order valence-electron chi connectivity index (χ1n) is 9.33. The fourth-order valence-corrected chi connectivity index (χ4v) is 0.903. The summed E-state index contributed by atoms with van der Waals surface area (Å²) in [6.07, 6.45) is -5.39. The van der Waals surface area contributed by atoms with Crippen LogP contribution in [0.15, 0.2) is 24.4 Å². The number of nitrogens with zero attached hydrogens (tertiary/aromatic N) is 2. The Bertz CT molecular complexity index is 683. The zero-order chi connectivity index (χ0) is 18.9. The summed E-state index contributed by atoms with van der Waals surface area (Å²) in [5.41, 5.74) is -0.842. The molecule has 1 aromatic rings. The highest BCUT2D eigenvalue weighted by Gasteiger charge is 2.21. The Labute approximate surface area is 90.1 Å². The summed E-state index contributed by atoms with van der Waals surface area (Å²) >= 11 is 0. The maximum Gasteiger partial charge on any atom is 0.0843 e. The molecule has 2 nitrogen and oxygen atoms in total. The van der Waals surface area contributed by atoms with Gasteiger partial charge in [-0.3, -0.25) is 9.88 Å². The summed E-state index contributed by atoms with van der Waals surface area (Å²) in [6.45, 7) is -5.99. The first-order valence-corrected chi connectivity index (χ1v) is 3.33. The van der Waals surface area contributed by atoms with E-state index in [4.69, 9.17) is 16.4 Å². The zero-order valence-electron chi connectivity index (χ0n) is 18.1. The van der Waals surface area contributed by atoms with E-state index >= 15 is 0 Å². The van der Waals surface area contributed by atoms with Gasteiger partial charge in [0, 0.05) is 28.0 Å². The molecule has 1 aliphatic rings. The predicted molar refractivity (Wildman–Crippen MR) is 48.8 cm³/mol. The minimum absolute atomic E-state index is 0.00313. The van der Waals surface area contributed by atoms with Crippen molar-refractivity contribution in [2.75, 3.05) is 13.5 Å². The summed E-state index contributed by atoms with van der Waals surface area (Å²) < 4.78 is 93.4. The third-order valence-electron chi connectivity index (χ3n) is 1.42. The van der Waals surface area contributed by atoms with Gasteiger partial charge in [-0.15, -0.1) is 0 Å². The van der Waals surface area contributed by atoms with Crippen LogP contribution in [0.25, 0.3) is 0 Å². The number of hydrogen-bond acceptors (Lipinski definition) is 2. The Kier molecular flexibility index (Phi) is 0.526. The van der Waals surface area contributed by atoms with Crippen LogP contribution in [0.2, 0.25) is 0 Å². The fourth-order valence-electron chi connectivity index (χ4n) is 0.903. The topological polar surface area (TPSA) is 16.1 Å². The molecule has 1 saturated heterocycles. The first-order chi connectivity index (χ1) is 10.6. The lowest BCUT2D eigenvalue weighted by molar-refractivity contribution is 0.317. The predicted octanol–water partition coefficient (Wildman–Crippen LogP) is 1.85. The second-order valence-corrected chi connectivity index (χ2v) is 2.16. The molecule has 1 fully saturated rings. The van der Waals surface area contributed by atoms with E-state index in [9.17, 15) is 0 Å². The Morgan fingerprint density at radius 3 is 3.92 bits per heavy atom. The molecule has 2 heteroatoms. The lowest BCUT2D eigenvalue weighted by atomic mass is 10.1. The van der Waals surface area contributed by atoms with Gasteiger partial charge in [-0.1, -0.05) is 6.04 Å². The SMILES string of the molecule is [2H]c1nc([2H])c([C@@]2([2H])N(C([2H])([2H])[2H])C([2H])([2H])CC2([2H])[2H])c([2H])c1[2H]. The standard InChI is InChI=1S/C10H14N2/c1-12-7-3-5-10(12)9-4-2-6-11-8-9/h2,4,6,8,10H,3,5,7H2,1H3/t10-/m0/s1/i1D3,2D,4D,5D2,6D,7D2,8D,10D. The van der Waals surface area contributed by atoms with Crippen molar-refractivity contribution in [3.8, 4) is 0 Å². The molecule has 0 saturated carbocycles. The second-order valence-electron chi connectivity index (χ2n) is 2.16. The number of aromatic nitrogens is 1. The molecule has 1 aliphatic heterocycles. The van der Waals surface area contributed by atoms with E-state index in [1.54, 1.807) is 0 Å². The highest BCUT2D eigenvalue weighted by molar-refractivity contribution is 5.14. The van der Waals surface area contributed by atoms with E-state index in [1.165, 1.54) is 0 Å². The molecule has 64 valence electrons. The third-order valence-corrected chi connectivity index (χ3v) is 1.42. The quantitative estimate of drug-likeness (QED) is 0.646. The monoisotopic (exact) mass is 174 g/mol. The van der Waals surface area contributed by atoms with Crippen molar-refractivity contribution >= 4 is 0 Å². The van der Waals surface area contributed by atoms with Gasteiger partial charge in [-0.05, 0) is 37.9 Å². The summed E-state index contributed by atoms with van der Waals surface area (Å²) in [5.74, 6) is 0. The molecule has 0 aromatic carbocycles. The average Bonchev–Trinajstić information content (AvgIpc) is 2.46. The lowest BCUT2D eigenvalue weighted by Gasteiger charge is -2.18. The molecule has 0 bridgehead atoms. The Morgan fingerprint density at radius 2 is 3.00 bits per heavy atom. The van der Waals surface area contributed by atoms with E-state index in [-0.39, 0.29) is 4.90 Å². The van der Waals surface area contributed by atoms with Crippen molar-refractivity contribution in [3.05, 3.63) is 30.0 Å². The number of pyridine rings is 1. The van der Waals surface area contributed by atoms with Crippen LogP contribution in [0.1, 0.15) is 40.8 Å². The number of hydrogen-bond donors (Lipinski definition) is 0. The molecule has 0 radical (unpaired) electrons. The number of likely N-dealkylation sites (tertiary alicyclic amines) is 1. The fraction of sp³-hybridized carbons (Fsp3) is 0.500.